The summed E-state index contributed by atoms with van der Waals surface area (Å²) in [6.07, 6.45) is 0. The summed E-state index contributed by atoms with van der Waals surface area (Å²) in [7, 11) is 2.03. The lowest BCUT2D eigenvalue weighted by molar-refractivity contribution is -0.134. The fourth-order valence-electron chi connectivity index (χ4n) is 2.63. The van der Waals surface area contributed by atoms with Crippen LogP contribution in [0.25, 0.3) is 0 Å². The number of nitrogens with two attached hydrogens (primary N) is 1. The SMILES string of the molecule is CC1CN(C)c2ccccc2CN1C(=O)CNC(=O)CN.Cl.Cl. The number of fused-ring (bicyclic) bond motifs is 1. The van der Waals surface area contributed by atoms with Gasteiger partial charge in [-0.3, -0.25) is 9.59 Å². The van der Waals surface area contributed by atoms with Crippen LogP contribution in [-0.2, 0) is 16.1 Å². The first-order chi connectivity index (χ1) is 10.0. The first-order valence-electron chi connectivity index (χ1n) is 7.08. The standard InChI is InChI=1S/C15H22N4O2.2ClH/c1-11-9-18(2)13-6-4-3-5-12(13)10-19(11)15(21)8-17-14(20)7-16;;/h3-6,11H,7-10,16H2,1-2H3,(H,17,20);2*1H. The molecule has 8 heteroatoms. The van der Waals surface area contributed by atoms with Gasteiger partial charge in [0.05, 0.1) is 13.1 Å². The Kier molecular flexibility index (Phi) is 8.97. The summed E-state index contributed by atoms with van der Waals surface area (Å²) in [4.78, 5) is 27.5. The second-order valence-electron chi connectivity index (χ2n) is 5.36. The number of carbonyl (C=O) groups excluding carboxylic acids is 2. The van der Waals surface area contributed by atoms with Crippen molar-refractivity contribution in [2.45, 2.75) is 19.5 Å². The molecule has 1 aliphatic rings. The molecule has 0 aliphatic carbocycles. The molecule has 1 unspecified atom stereocenters. The van der Waals surface area contributed by atoms with Gasteiger partial charge in [-0.1, -0.05) is 18.2 Å². The van der Waals surface area contributed by atoms with E-state index in [0.29, 0.717) is 6.54 Å². The van der Waals surface area contributed by atoms with Crippen molar-refractivity contribution in [3.63, 3.8) is 0 Å². The predicted molar refractivity (Wildman–Crippen MR) is 96.3 cm³/mol. The van der Waals surface area contributed by atoms with Crippen LogP contribution in [0.1, 0.15) is 12.5 Å². The zero-order valence-corrected chi connectivity index (χ0v) is 15.0. The topological polar surface area (TPSA) is 78.7 Å². The molecule has 2 rings (SSSR count). The molecule has 3 N–H and O–H groups in total. The van der Waals surface area contributed by atoms with Crippen molar-refractivity contribution in [2.24, 2.45) is 5.73 Å². The molecule has 1 heterocycles. The van der Waals surface area contributed by atoms with Gasteiger partial charge in [0, 0.05) is 31.9 Å². The number of hydrogen-bond acceptors (Lipinski definition) is 4. The van der Waals surface area contributed by atoms with Crippen LogP contribution < -0.4 is 16.0 Å². The molecule has 1 atom stereocenters. The summed E-state index contributed by atoms with van der Waals surface area (Å²) in [5.74, 6) is -0.405. The number of benzene rings is 1. The highest BCUT2D eigenvalue weighted by Gasteiger charge is 2.26. The van der Waals surface area contributed by atoms with Crippen molar-refractivity contribution in [1.29, 1.82) is 0 Å². The molecule has 1 aromatic rings. The number of halogens is 2. The molecule has 2 amide bonds. The van der Waals surface area contributed by atoms with Crippen LogP contribution in [0.4, 0.5) is 5.69 Å². The van der Waals surface area contributed by atoms with Crippen LogP contribution >= 0.6 is 24.8 Å². The molecule has 0 fully saturated rings. The van der Waals surface area contributed by atoms with E-state index in [4.69, 9.17) is 5.73 Å². The highest BCUT2D eigenvalue weighted by atomic mass is 35.5. The Labute approximate surface area is 149 Å². The van der Waals surface area contributed by atoms with E-state index in [1.54, 1.807) is 4.90 Å². The molecule has 1 aromatic carbocycles. The fraction of sp³-hybridized carbons (Fsp3) is 0.467. The number of anilines is 1. The second kappa shape index (κ2) is 9.60. The monoisotopic (exact) mass is 362 g/mol. The maximum absolute atomic E-state index is 12.4. The molecule has 23 heavy (non-hydrogen) atoms. The average Bonchev–Trinajstić information content (AvgIpc) is 2.61. The third kappa shape index (κ3) is 5.27. The summed E-state index contributed by atoms with van der Waals surface area (Å²) in [6.45, 7) is 3.22. The quantitative estimate of drug-likeness (QED) is 0.832. The van der Waals surface area contributed by atoms with Gasteiger partial charge in [-0.25, -0.2) is 0 Å². The second-order valence-corrected chi connectivity index (χ2v) is 5.36. The molecular formula is C15H24Cl2N4O2. The molecule has 0 bridgehead atoms. The molecular weight excluding hydrogens is 339 g/mol. The number of para-hydroxylation sites is 1. The maximum Gasteiger partial charge on any atom is 0.242 e. The lowest BCUT2D eigenvalue weighted by atomic mass is 10.1. The first-order valence-corrected chi connectivity index (χ1v) is 7.08. The molecule has 1 aliphatic heterocycles. The van der Waals surface area contributed by atoms with Crippen LogP contribution in [0, 0.1) is 0 Å². The van der Waals surface area contributed by atoms with Gasteiger partial charge >= 0.3 is 0 Å². The molecule has 0 saturated carbocycles. The van der Waals surface area contributed by atoms with Gasteiger partial charge in [0.15, 0.2) is 0 Å². The van der Waals surface area contributed by atoms with E-state index in [-0.39, 0.29) is 55.8 Å². The normalized spacial score (nSPS) is 16.4. The summed E-state index contributed by atoms with van der Waals surface area (Å²) >= 11 is 0. The van der Waals surface area contributed by atoms with Gasteiger partial charge in [-0.15, -0.1) is 24.8 Å². The van der Waals surface area contributed by atoms with E-state index >= 15 is 0 Å². The van der Waals surface area contributed by atoms with Crippen LogP contribution in [0.2, 0.25) is 0 Å². The van der Waals surface area contributed by atoms with E-state index in [1.165, 1.54) is 0 Å². The first kappa shape index (κ1) is 21.5. The summed E-state index contributed by atoms with van der Waals surface area (Å²) in [6, 6.07) is 8.14. The number of carbonyl (C=O) groups is 2. The Balaban J connectivity index is 0.00000242. The molecule has 0 saturated heterocycles. The lowest BCUT2D eigenvalue weighted by Gasteiger charge is -2.28. The van der Waals surface area contributed by atoms with Crippen LogP contribution in [0.15, 0.2) is 24.3 Å². The zero-order chi connectivity index (χ0) is 15.4. The lowest BCUT2D eigenvalue weighted by Crippen LogP contribution is -2.47. The van der Waals surface area contributed by atoms with Crippen LogP contribution in [-0.4, -0.2) is 49.4 Å². The Bertz CT molecular complexity index is 542. The number of nitrogens with one attached hydrogen (secondary N) is 1. The van der Waals surface area contributed by atoms with Crippen molar-refractivity contribution >= 4 is 42.3 Å². The van der Waals surface area contributed by atoms with E-state index in [2.05, 4.69) is 16.3 Å². The van der Waals surface area contributed by atoms with Gasteiger partial charge in [-0.05, 0) is 18.6 Å². The maximum atomic E-state index is 12.4. The fourth-order valence-corrected chi connectivity index (χ4v) is 2.63. The largest absolute Gasteiger partial charge is 0.372 e. The number of hydrogen-bond donors (Lipinski definition) is 2. The van der Waals surface area contributed by atoms with Gasteiger partial charge in [-0.2, -0.15) is 0 Å². The van der Waals surface area contributed by atoms with E-state index < -0.39 is 0 Å². The van der Waals surface area contributed by atoms with Crippen molar-refractivity contribution in [1.82, 2.24) is 10.2 Å². The van der Waals surface area contributed by atoms with Crippen molar-refractivity contribution in [3.8, 4) is 0 Å². The van der Waals surface area contributed by atoms with Crippen LogP contribution in [0.3, 0.4) is 0 Å². The number of likely N-dealkylation sites (N-methyl/N-ethyl adjacent to an activating group) is 1. The Morgan fingerprint density at radius 1 is 1.30 bits per heavy atom. The smallest absolute Gasteiger partial charge is 0.242 e. The van der Waals surface area contributed by atoms with Gasteiger partial charge < -0.3 is 20.9 Å². The van der Waals surface area contributed by atoms with Crippen molar-refractivity contribution in [2.75, 3.05) is 31.6 Å². The molecule has 0 aromatic heterocycles. The van der Waals surface area contributed by atoms with E-state index in [0.717, 1.165) is 17.8 Å². The molecule has 0 radical (unpaired) electrons. The van der Waals surface area contributed by atoms with Crippen molar-refractivity contribution in [3.05, 3.63) is 29.8 Å². The minimum atomic E-state index is -0.316. The summed E-state index contributed by atoms with van der Waals surface area (Å²) < 4.78 is 0. The van der Waals surface area contributed by atoms with Gasteiger partial charge in [0.1, 0.15) is 0 Å². The average molecular weight is 363 g/mol. The summed E-state index contributed by atoms with van der Waals surface area (Å²) in [5, 5.41) is 2.54. The minimum Gasteiger partial charge on any atom is -0.372 e. The highest BCUT2D eigenvalue weighted by Crippen LogP contribution is 2.25. The number of nitrogens with zero attached hydrogens (tertiary/aromatic N) is 2. The molecule has 0 spiro atoms. The molecule has 6 nitrogen and oxygen atoms in total. The Hall–Kier alpha value is -1.50. The summed E-state index contributed by atoms with van der Waals surface area (Å²) in [5.41, 5.74) is 7.48. The third-order valence-corrected chi connectivity index (χ3v) is 3.76. The Morgan fingerprint density at radius 3 is 2.61 bits per heavy atom. The van der Waals surface area contributed by atoms with Gasteiger partial charge in [0.25, 0.3) is 0 Å². The minimum absolute atomic E-state index is 0. The zero-order valence-electron chi connectivity index (χ0n) is 13.3. The third-order valence-electron chi connectivity index (χ3n) is 3.76. The predicted octanol–water partition coefficient (Wildman–Crippen LogP) is 0.772. The van der Waals surface area contributed by atoms with Gasteiger partial charge in [0.2, 0.25) is 11.8 Å². The highest BCUT2D eigenvalue weighted by molar-refractivity contribution is 5.86. The van der Waals surface area contributed by atoms with Crippen LogP contribution in [0.5, 0.6) is 0 Å². The Morgan fingerprint density at radius 2 is 1.96 bits per heavy atom. The van der Waals surface area contributed by atoms with E-state index in [1.807, 2.05) is 32.2 Å². The number of amides is 2. The van der Waals surface area contributed by atoms with Crippen molar-refractivity contribution < 1.29 is 9.59 Å². The van der Waals surface area contributed by atoms with E-state index in [9.17, 15) is 9.59 Å². The molecule has 130 valence electrons. The number of rotatable bonds is 3.